The Balaban J connectivity index is 2.45. The van der Waals surface area contributed by atoms with E-state index in [1.807, 2.05) is 0 Å². The first-order valence-electron chi connectivity index (χ1n) is 8.56. The molecule has 0 bridgehead atoms. The van der Waals surface area contributed by atoms with Gasteiger partial charge in [0, 0.05) is 0 Å². The molecule has 1 aromatic carbocycles. The quantitative estimate of drug-likeness (QED) is 0.530. The first-order chi connectivity index (χ1) is 12.5. The van der Waals surface area contributed by atoms with Crippen molar-refractivity contribution in [2.24, 2.45) is 5.92 Å². The Kier molecular flexibility index (Phi) is 6.97. The van der Waals surface area contributed by atoms with Crippen molar-refractivity contribution < 1.29 is 33.4 Å². The number of carbonyl (C=O) groups is 3. The van der Waals surface area contributed by atoms with Crippen LogP contribution in [0.3, 0.4) is 0 Å². The smallest absolute Gasteiger partial charge is 0.339 e. The van der Waals surface area contributed by atoms with Gasteiger partial charge in [0.05, 0.1) is 25.5 Å². The zero-order chi connectivity index (χ0) is 19.1. The minimum absolute atomic E-state index is 0.103. The Morgan fingerprint density at radius 1 is 0.885 bits per heavy atom. The monoisotopic (exact) mass is 365 g/mol. The molecule has 8 nitrogen and oxygen atoms in total. The van der Waals surface area contributed by atoms with Crippen LogP contribution in [-0.4, -0.2) is 49.9 Å². The molecule has 1 aliphatic heterocycles. The third kappa shape index (κ3) is 4.13. The van der Waals surface area contributed by atoms with Crippen LogP contribution in [0, 0.1) is 5.92 Å². The lowest BCUT2D eigenvalue weighted by molar-refractivity contribution is -0.164. The molecule has 3 atom stereocenters. The summed E-state index contributed by atoms with van der Waals surface area (Å²) in [6, 6.07) is 7.52. The topological polar surface area (TPSA) is 91.4 Å². The maximum atomic E-state index is 12.6. The summed E-state index contributed by atoms with van der Waals surface area (Å²) in [5, 5.41) is 1.22. The van der Waals surface area contributed by atoms with Gasteiger partial charge >= 0.3 is 17.9 Å². The molecular formula is C18H23NO7. The van der Waals surface area contributed by atoms with E-state index in [1.54, 1.807) is 51.1 Å². The molecule has 2 rings (SSSR count). The molecule has 8 heteroatoms. The molecule has 1 fully saturated rings. The first-order valence-corrected chi connectivity index (χ1v) is 8.56. The van der Waals surface area contributed by atoms with Gasteiger partial charge in [-0.1, -0.05) is 18.2 Å². The molecule has 0 aromatic heterocycles. The largest absolute Gasteiger partial charge is 0.466 e. The van der Waals surface area contributed by atoms with Crippen LogP contribution in [0.1, 0.15) is 20.8 Å². The van der Waals surface area contributed by atoms with Crippen LogP contribution in [0.15, 0.2) is 30.3 Å². The number of rotatable bonds is 7. The number of hydrogen-bond donors (Lipinski definition) is 0. The summed E-state index contributed by atoms with van der Waals surface area (Å²) in [6.45, 7) is 5.28. The summed E-state index contributed by atoms with van der Waals surface area (Å²) < 4.78 is 15.2. The molecule has 0 spiro atoms. The minimum Gasteiger partial charge on any atom is -0.466 e. The van der Waals surface area contributed by atoms with Crippen LogP contribution < -0.4 is 5.06 Å². The number of anilines is 1. The van der Waals surface area contributed by atoms with E-state index in [0.29, 0.717) is 5.69 Å². The van der Waals surface area contributed by atoms with E-state index in [-0.39, 0.29) is 19.8 Å². The molecule has 1 aromatic rings. The predicted molar refractivity (Wildman–Crippen MR) is 91.0 cm³/mol. The van der Waals surface area contributed by atoms with Crippen LogP contribution in [-0.2, 0) is 33.4 Å². The second-order valence-electron chi connectivity index (χ2n) is 5.41. The SMILES string of the molecule is CCOC(=O)[C@H]1[C@@H](C(=O)OCC)ON(c2ccccc2)[C@@H]1C(=O)OCC. The van der Waals surface area contributed by atoms with Gasteiger partial charge in [-0.2, -0.15) is 0 Å². The van der Waals surface area contributed by atoms with E-state index >= 15 is 0 Å². The third-order valence-electron chi connectivity index (χ3n) is 3.76. The number of esters is 3. The minimum atomic E-state index is -1.30. The highest BCUT2D eigenvalue weighted by atomic mass is 16.7. The van der Waals surface area contributed by atoms with Crippen LogP contribution in [0.5, 0.6) is 0 Å². The standard InChI is InChI=1S/C18H23NO7/c1-4-23-16(20)13-14(17(21)24-5-2)19(12-10-8-7-9-11-12)26-15(13)18(22)25-6-3/h7-11,13-15H,4-6H2,1-3H3/t13-,14+,15+/m1/s1. The van der Waals surface area contributed by atoms with Gasteiger partial charge in [0.1, 0.15) is 5.92 Å². The normalized spacial score (nSPS) is 22.0. The Bertz CT molecular complexity index is 634. The van der Waals surface area contributed by atoms with Gasteiger partial charge in [-0.25, -0.2) is 14.7 Å². The predicted octanol–water partition coefficient (Wildman–Crippen LogP) is 1.48. The van der Waals surface area contributed by atoms with Gasteiger partial charge < -0.3 is 14.2 Å². The van der Waals surface area contributed by atoms with Crippen molar-refractivity contribution in [2.45, 2.75) is 32.9 Å². The first kappa shape index (κ1) is 19.7. The number of hydroxylamine groups is 1. The molecule has 26 heavy (non-hydrogen) atoms. The molecule has 1 heterocycles. The lowest BCUT2D eigenvalue weighted by Crippen LogP contribution is -2.45. The molecule has 1 saturated heterocycles. The van der Waals surface area contributed by atoms with Crippen LogP contribution >= 0.6 is 0 Å². The van der Waals surface area contributed by atoms with Crippen LogP contribution in [0.25, 0.3) is 0 Å². The second-order valence-corrected chi connectivity index (χ2v) is 5.41. The van der Waals surface area contributed by atoms with Gasteiger partial charge in [-0.05, 0) is 32.9 Å². The maximum absolute atomic E-state index is 12.6. The van der Waals surface area contributed by atoms with Gasteiger partial charge in [-0.15, -0.1) is 0 Å². The number of hydrogen-bond acceptors (Lipinski definition) is 8. The molecule has 1 aliphatic rings. The summed E-state index contributed by atoms with van der Waals surface area (Å²) in [7, 11) is 0. The Morgan fingerprint density at radius 3 is 2.00 bits per heavy atom. The molecule has 0 amide bonds. The fourth-order valence-electron chi connectivity index (χ4n) is 2.74. The van der Waals surface area contributed by atoms with Gasteiger partial charge in [-0.3, -0.25) is 9.63 Å². The molecule has 0 N–H and O–H groups in total. The molecule has 0 unspecified atom stereocenters. The molecule has 142 valence electrons. The Labute approximate surface area is 151 Å². The van der Waals surface area contributed by atoms with Crippen molar-refractivity contribution >= 4 is 23.6 Å². The van der Waals surface area contributed by atoms with E-state index in [9.17, 15) is 14.4 Å². The Hall–Kier alpha value is -2.61. The number of para-hydroxylation sites is 1. The van der Waals surface area contributed by atoms with Crippen molar-refractivity contribution in [3.8, 4) is 0 Å². The van der Waals surface area contributed by atoms with Gasteiger partial charge in [0.25, 0.3) is 0 Å². The van der Waals surface area contributed by atoms with Gasteiger partial charge in [0.15, 0.2) is 12.1 Å². The fraction of sp³-hybridized carbons (Fsp3) is 0.500. The number of carbonyl (C=O) groups excluding carboxylic acids is 3. The fourth-order valence-corrected chi connectivity index (χ4v) is 2.74. The van der Waals surface area contributed by atoms with Crippen LogP contribution in [0.2, 0.25) is 0 Å². The van der Waals surface area contributed by atoms with E-state index in [2.05, 4.69) is 0 Å². The second kappa shape index (κ2) is 9.19. The van der Waals surface area contributed by atoms with Crippen molar-refractivity contribution in [1.82, 2.24) is 0 Å². The number of benzene rings is 1. The highest BCUT2D eigenvalue weighted by molar-refractivity contribution is 5.93. The molecular weight excluding hydrogens is 342 g/mol. The van der Waals surface area contributed by atoms with E-state index in [0.717, 1.165) is 0 Å². The molecule has 0 aliphatic carbocycles. The Morgan fingerprint density at radius 2 is 1.42 bits per heavy atom. The van der Waals surface area contributed by atoms with Crippen LogP contribution in [0.4, 0.5) is 5.69 Å². The zero-order valence-corrected chi connectivity index (χ0v) is 15.0. The number of nitrogens with zero attached hydrogens (tertiary/aromatic N) is 1. The lowest BCUT2D eigenvalue weighted by atomic mass is 9.94. The molecule has 0 saturated carbocycles. The van der Waals surface area contributed by atoms with E-state index in [1.165, 1.54) is 5.06 Å². The maximum Gasteiger partial charge on any atom is 0.339 e. The van der Waals surface area contributed by atoms with E-state index < -0.39 is 36.0 Å². The number of ether oxygens (including phenoxy) is 3. The average Bonchev–Trinajstić information content (AvgIpc) is 3.04. The molecule has 0 radical (unpaired) electrons. The van der Waals surface area contributed by atoms with Crippen molar-refractivity contribution in [1.29, 1.82) is 0 Å². The van der Waals surface area contributed by atoms with Crippen molar-refractivity contribution in [2.75, 3.05) is 24.9 Å². The summed E-state index contributed by atoms with van der Waals surface area (Å²) >= 11 is 0. The van der Waals surface area contributed by atoms with Gasteiger partial charge in [0.2, 0.25) is 0 Å². The zero-order valence-electron chi connectivity index (χ0n) is 15.0. The van der Waals surface area contributed by atoms with E-state index in [4.69, 9.17) is 19.0 Å². The third-order valence-corrected chi connectivity index (χ3v) is 3.76. The summed E-state index contributed by atoms with van der Waals surface area (Å²) in [5.74, 6) is -3.34. The summed E-state index contributed by atoms with van der Waals surface area (Å²) in [6.07, 6.45) is -1.30. The highest BCUT2D eigenvalue weighted by Crippen LogP contribution is 2.34. The van der Waals surface area contributed by atoms with Crippen molar-refractivity contribution in [3.63, 3.8) is 0 Å². The van der Waals surface area contributed by atoms with Crippen molar-refractivity contribution in [3.05, 3.63) is 30.3 Å². The summed E-state index contributed by atoms with van der Waals surface area (Å²) in [4.78, 5) is 43.1. The lowest BCUT2D eigenvalue weighted by Gasteiger charge is -2.24. The summed E-state index contributed by atoms with van der Waals surface area (Å²) in [5.41, 5.74) is 0.506. The highest BCUT2D eigenvalue weighted by Gasteiger charge is 2.56. The average molecular weight is 365 g/mol.